The first kappa shape index (κ1) is 18.7. The average molecular weight is 311 g/mol. The van der Waals surface area contributed by atoms with Crippen molar-refractivity contribution in [1.29, 1.82) is 0 Å². The second kappa shape index (κ2) is 6.95. The summed E-state index contributed by atoms with van der Waals surface area (Å²) >= 11 is 0. The van der Waals surface area contributed by atoms with Crippen molar-refractivity contribution in [3.8, 4) is 0 Å². The normalized spacial score (nSPS) is 13.6. The molecule has 3 N–H and O–H groups in total. The van der Waals surface area contributed by atoms with Crippen molar-refractivity contribution in [1.82, 2.24) is 5.32 Å². The molecule has 0 radical (unpaired) electrons. The van der Waals surface area contributed by atoms with Crippen LogP contribution in [0.1, 0.15) is 31.1 Å². The average Bonchev–Trinajstić information content (AvgIpc) is 2.35. The lowest BCUT2D eigenvalue weighted by molar-refractivity contribution is 0.0877. The Bertz CT molecular complexity index is 497. The molecule has 1 amide bonds. The van der Waals surface area contributed by atoms with Gasteiger partial charge in [-0.05, 0) is 25.0 Å². The number of nitrogens with one attached hydrogen (secondary N) is 1. The van der Waals surface area contributed by atoms with Crippen molar-refractivity contribution in [2.24, 2.45) is 11.7 Å². The SMILES string of the molecule is CC(C)C(C)(CN)NC(=O)c1ccc(F)c(F)c1F.Cl. The van der Waals surface area contributed by atoms with Gasteiger partial charge in [0.05, 0.1) is 11.1 Å². The molecule has 0 aliphatic heterocycles. The zero-order valence-corrected chi connectivity index (χ0v) is 12.3. The molecule has 0 saturated carbocycles. The zero-order chi connectivity index (χ0) is 14.8. The quantitative estimate of drug-likeness (QED) is 0.840. The highest BCUT2D eigenvalue weighted by Gasteiger charge is 2.30. The van der Waals surface area contributed by atoms with E-state index in [-0.39, 0.29) is 24.9 Å². The van der Waals surface area contributed by atoms with Crippen LogP contribution in [0.15, 0.2) is 12.1 Å². The van der Waals surface area contributed by atoms with Gasteiger partial charge in [-0.25, -0.2) is 13.2 Å². The lowest BCUT2D eigenvalue weighted by atomic mass is 9.88. The first-order valence-electron chi connectivity index (χ1n) is 5.89. The maximum absolute atomic E-state index is 13.5. The van der Waals surface area contributed by atoms with Crippen molar-refractivity contribution >= 4 is 18.3 Å². The van der Waals surface area contributed by atoms with Gasteiger partial charge in [0.25, 0.3) is 5.91 Å². The van der Waals surface area contributed by atoms with E-state index in [4.69, 9.17) is 5.73 Å². The van der Waals surface area contributed by atoms with Gasteiger partial charge in [0.2, 0.25) is 0 Å². The molecule has 0 fully saturated rings. The fourth-order valence-electron chi connectivity index (χ4n) is 1.46. The summed E-state index contributed by atoms with van der Waals surface area (Å²) < 4.78 is 39.3. The molecule has 0 aliphatic carbocycles. The van der Waals surface area contributed by atoms with Crippen LogP contribution >= 0.6 is 12.4 Å². The van der Waals surface area contributed by atoms with Crippen LogP contribution in [0.25, 0.3) is 0 Å². The van der Waals surface area contributed by atoms with Gasteiger partial charge in [0, 0.05) is 6.54 Å². The van der Waals surface area contributed by atoms with E-state index in [0.29, 0.717) is 6.07 Å². The van der Waals surface area contributed by atoms with Gasteiger partial charge < -0.3 is 11.1 Å². The van der Waals surface area contributed by atoms with Crippen LogP contribution in [0, 0.1) is 23.4 Å². The van der Waals surface area contributed by atoms with Crippen LogP contribution < -0.4 is 11.1 Å². The van der Waals surface area contributed by atoms with Crippen molar-refractivity contribution in [3.63, 3.8) is 0 Å². The maximum Gasteiger partial charge on any atom is 0.254 e. The molecule has 0 aromatic heterocycles. The number of rotatable bonds is 4. The molecule has 1 aromatic rings. The number of carbonyl (C=O) groups is 1. The van der Waals surface area contributed by atoms with Crippen molar-refractivity contribution < 1.29 is 18.0 Å². The predicted octanol–water partition coefficient (Wildman–Crippen LogP) is 2.63. The molecule has 20 heavy (non-hydrogen) atoms. The Morgan fingerprint density at radius 1 is 1.30 bits per heavy atom. The summed E-state index contributed by atoms with van der Waals surface area (Å²) in [4.78, 5) is 11.9. The Morgan fingerprint density at radius 3 is 2.30 bits per heavy atom. The van der Waals surface area contributed by atoms with Crippen molar-refractivity contribution in [2.45, 2.75) is 26.3 Å². The van der Waals surface area contributed by atoms with Gasteiger partial charge in [-0.3, -0.25) is 4.79 Å². The maximum atomic E-state index is 13.5. The molecule has 1 rings (SSSR count). The molecule has 1 aromatic carbocycles. The van der Waals surface area contributed by atoms with Gasteiger partial charge in [-0.15, -0.1) is 12.4 Å². The number of nitrogens with two attached hydrogens (primary N) is 1. The van der Waals surface area contributed by atoms with Crippen LogP contribution in [-0.2, 0) is 0 Å². The number of hydrogen-bond acceptors (Lipinski definition) is 2. The highest BCUT2D eigenvalue weighted by Crippen LogP contribution is 2.19. The third kappa shape index (κ3) is 3.64. The van der Waals surface area contributed by atoms with Gasteiger partial charge in [-0.2, -0.15) is 0 Å². The third-order valence-corrected chi connectivity index (χ3v) is 3.38. The topological polar surface area (TPSA) is 55.1 Å². The number of benzene rings is 1. The number of carbonyl (C=O) groups excluding carboxylic acids is 1. The van der Waals surface area contributed by atoms with E-state index in [9.17, 15) is 18.0 Å². The smallest absolute Gasteiger partial charge is 0.254 e. The van der Waals surface area contributed by atoms with Crippen molar-refractivity contribution in [3.05, 3.63) is 35.1 Å². The van der Waals surface area contributed by atoms with E-state index in [1.807, 2.05) is 13.8 Å². The molecule has 1 atom stereocenters. The Kier molecular flexibility index (Phi) is 6.50. The number of amides is 1. The lowest BCUT2D eigenvalue weighted by Gasteiger charge is -2.33. The first-order valence-corrected chi connectivity index (χ1v) is 5.89. The molecule has 3 nitrogen and oxygen atoms in total. The monoisotopic (exact) mass is 310 g/mol. The fourth-order valence-corrected chi connectivity index (χ4v) is 1.46. The van der Waals surface area contributed by atoms with E-state index in [0.717, 1.165) is 6.07 Å². The van der Waals surface area contributed by atoms with Crippen LogP contribution in [0.2, 0.25) is 0 Å². The van der Waals surface area contributed by atoms with Gasteiger partial charge >= 0.3 is 0 Å². The highest BCUT2D eigenvalue weighted by atomic mass is 35.5. The minimum absolute atomic E-state index is 0. The summed E-state index contributed by atoms with van der Waals surface area (Å²) in [5, 5.41) is 2.55. The Labute approximate surface area is 122 Å². The van der Waals surface area contributed by atoms with Crippen molar-refractivity contribution in [2.75, 3.05) is 6.54 Å². The molecule has 0 aliphatic rings. The lowest BCUT2D eigenvalue weighted by Crippen LogP contribution is -2.55. The highest BCUT2D eigenvalue weighted by molar-refractivity contribution is 5.95. The number of hydrogen-bond donors (Lipinski definition) is 2. The molecular weight excluding hydrogens is 293 g/mol. The van der Waals surface area contributed by atoms with E-state index in [1.165, 1.54) is 0 Å². The summed E-state index contributed by atoms with van der Waals surface area (Å²) in [5.74, 6) is -5.32. The Morgan fingerprint density at radius 2 is 1.85 bits per heavy atom. The van der Waals surface area contributed by atoms with Crippen LogP contribution in [0.4, 0.5) is 13.2 Å². The predicted molar refractivity (Wildman–Crippen MR) is 73.3 cm³/mol. The largest absolute Gasteiger partial charge is 0.345 e. The summed E-state index contributed by atoms with van der Waals surface area (Å²) in [7, 11) is 0. The molecule has 7 heteroatoms. The van der Waals surface area contributed by atoms with Gasteiger partial charge in [0.15, 0.2) is 17.5 Å². The Hall–Kier alpha value is -1.27. The van der Waals surface area contributed by atoms with E-state index >= 15 is 0 Å². The minimum atomic E-state index is -1.66. The van der Waals surface area contributed by atoms with Crippen LogP contribution in [0.5, 0.6) is 0 Å². The molecular formula is C13H18ClF3N2O. The van der Waals surface area contributed by atoms with E-state index < -0.39 is 34.5 Å². The molecule has 0 spiro atoms. The molecule has 1 unspecified atom stereocenters. The molecule has 0 bridgehead atoms. The summed E-state index contributed by atoms with van der Waals surface area (Å²) in [6.07, 6.45) is 0. The third-order valence-electron chi connectivity index (χ3n) is 3.38. The zero-order valence-electron chi connectivity index (χ0n) is 11.5. The fraction of sp³-hybridized carbons (Fsp3) is 0.462. The van der Waals surface area contributed by atoms with Gasteiger partial charge in [0.1, 0.15) is 0 Å². The number of halogens is 4. The Balaban J connectivity index is 0.00000361. The van der Waals surface area contributed by atoms with Gasteiger partial charge in [-0.1, -0.05) is 13.8 Å². The molecule has 0 saturated heterocycles. The minimum Gasteiger partial charge on any atom is -0.345 e. The van der Waals surface area contributed by atoms with E-state index in [2.05, 4.69) is 5.32 Å². The summed E-state index contributed by atoms with van der Waals surface area (Å²) in [6, 6.07) is 1.61. The first-order chi connectivity index (χ1) is 8.73. The summed E-state index contributed by atoms with van der Waals surface area (Å²) in [5.41, 5.74) is 4.29. The molecule has 114 valence electrons. The molecule has 0 heterocycles. The standard InChI is InChI=1S/C13H17F3N2O.ClH/c1-7(2)13(3,6-17)18-12(19)8-4-5-9(14)11(16)10(8)15;/h4-5,7H,6,17H2,1-3H3,(H,18,19);1H. The second-order valence-electron chi connectivity index (χ2n) is 4.95. The van der Waals surface area contributed by atoms with Crippen LogP contribution in [-0.4, -0.2) is 18.0 Å². The van der Waals surface area contributed by atoms with E-state index in [1.54, 1.807) is 6.92 Å². The van der Waals surface area contributed by atoms with Crippen LogP contribution in [0.3, 0.4) is 0 Å². The summed E-state index contributed by atoms with van der Waals surface area (Å²) in [6.45, 7) is 5.53. The second-order valence-corrected chi connectivity index (χ2v) is 4.95.